The topological polar surface area (TPSA) is 76.7 Å². The van der Waals surface area contributed by atoms with E-state index in [1.165, 1.54) is 18.9 Å². The van der Waals surface area contributed by atoms with E-state index in [0.717, 1.165) is 4.90 Å². The molecule has 0 aliphatic carbocycles. The Hall–Kier alpha value is -3.16. The molecule has 0 fully saturated rings. The van der Waals surface area contributed by atoms with Crippen molar-refractivity contribution < 1.29 is 19.1 Å². The molecule has 0 radical (unpaired) electrons. The smallest absolute Gasteiger partial charge is 0.255 e. The largest absolute Gasteiger partial charge is 0.497 e. The molecule has 0 saturated heterocycles. The number of anilines is 2. The van der Waals surface area contributed by atoms with Crippen LogP contribution in [0, 0.1) is 0 Å². The molecule has 6 nitrogen and oxygen atoms in total. The lowest BCUT2D eigenvalue weighted by Gasteiger charge is -2.14. The summed E-state index contributed by atoms with van der Waals surface area (Å²) in [5.41, 5.74) is 1.76. The Morgan fingerprint density at radius 1 is 0.906 bits per heavy atom. The highest BCUT2D eigenvalue weighted by atomic mass is 35.5. The van der Waals surface area contributed by atoms with E-state index in [2.05, 4.69) is 10.6 Å². The van der Waals surface area contributed by atoms with Gasteiger partial charge in [-0.2, -0.15) is 0 Å². The van der Waals surface area contributed by atoms with Gasteiger partial charge < -0.3 is 20.1 Å². The zero-order valence-electron chi connectivity index (χ0n) is 17.8. The molecule has 0 spiro atoms. The van der Waals surface area contributed by atoms with Crippen LogP contribution in [0.25, 0.3) is 0 Å². The maximum atomic E-state index is 12.6. The van der Waals surface area contributed by atoms with Crippen molar-refractivity contribution in [2.24, 2.45) is 0 Å². The van der Waals surface area contributed by atoms with Crippen molar-refractivity contribution in [3.8, 4) is 11.5 Å². The number of methoxy groups -OCH3 is 2. The van der Waals surface area contributed by atoms with Gasteiger partial charge in [0.2, 0.25) is 5.91 Å². The second-order valence-electron chi connectivity index (χ2n) is 6.81. The highest BCUT2D eigenvalue weighted by Gasteiger charge is 2.16. The van der Waals surface area contributed by atoms with Gasteiger partial charge in [0.05, 0.1) is 24.5 Å². The third kappa shape index (κ3) is 6.18. The number of benzene rings is 3. The van der Waals surface area contributed by atoms with E-state index in [9.17, 15) is 9.59 Å². The summed E-state index contributed by atoms with van der Waals surface area (Å²) < 4.78 is 10.2. The Labute approximate surface area is 196 Å². The van der Waals surface area contributed by atoms with Crippen molar-refractivity contribution in [2.75, 3.05) is 24.9 Å². The van der Waals surface area contributed by atoms with Crippen molar-refractivity contribution in [3.05, 3.63) is 77.3 Å². The first kappa shape index (κ1) is 23.5. The maximum Gasteiger partial charge on any atom is 0.255 e. The number of carbonyl (C=O) groups excluding carboxylic acids is 2. The molecule has 166 valence electrons. The van der Waals surface area contributed by atoms with Gasteiger partial charge in [-0.15, -0.1) is 11.8 Å². The molecule has 2 N–H and O–H groups in total. The molecule has 1 atom stereocenters. The van der Waals surface area contributed by atoms with Gasteiger partial charge in [0, 0.05) is 21.8 Å². The van der Waals surface area contributed by atoms with Gasteiger partial charge in [-0.05, 0) is 67.6 Å². The molecule has 0 aromatic heterocycles. The molecule has 0 bridgehead atoms. The second-order valence-corrected chi connectivity index (χ2v) is 8.63. The standard InChI is InChI=1S/C24H23ClN2O4S/c1-15(23(28)26-18-9-12-22(31-3)21(25)14-18)32-20-6-4-5-17(13-20)27-24(29)16-7-10-19(30-2)11-8-16/h4-15H,1-3H3,(H,26,28)(H,27,29). The molecule has 2 amide bonds. The van der Waals surface area contributed by atoms with E-state index in [1.54, 1.807) is 55.6 Å². The van der Waals surface area contributed by atoms with Gasteiger partial charge in [-0.3, -0.25) is 9.59 Å². The number of halogens is 1. The minimum Gasteiger partial charge on any atom is -0.497 e. The molecule has 0 aliphatic heterocycles. The molecule has 1 unspecified atom stereocenters. The van der Waals surface area contributed by atoms with E-state index < -0.39 is 0 Å². The van der Waals surface area contributed by atoms with Gasteiger partial charge in [0.15, 0.2) is 0 Å². The SMILES string of the molecule is COc1ccc(C(=O)Nc2cccc(SC(C)C(=O)Nc3ccc(OC)c(Cl)c3)c2)cc1. The summed E-state index contributed by atoms with van der Waals surface area (Å²) in [5.74, 6) is 0.839. The zero-order valence-corrected chi connectivity index (χ0v) is 19.4. The predicted octanol–water partition coefficient (Wildman–Crippen LogP) is 5.73. The number of nitrogens with one attached hydrogen (secondary N) is 2. The van der Waals surface area contributed by atoms with Crippen LogP contribution in [-0.4, -0.2) is 31.3 Å². The summed E-state index contributed by atoms with van der Waals surface area (Å²) in [7, 11) is 3.11. The van der Waals surface area contributed by atoms with Crippen molar-refractivity contribution in [2.45, 2.75) is 17.1 Å². The quantitative estimate of drug-likeness (QED) is 0.411. The number of amides is 2. The van der Waals surface area contributed by atoms with E-state index in [1.807, 2.05) is 25.1 Å². The number of ether oxygens (including phenoxy) is 2. The Morgan fingerprint density at radius 3 is 2.28 bits per heavy atom. The molecule has 0 saturated carbocycles. The van der Waals surface area contributed by atoms with Crippen LogP contribution in [-0.2, 0) is 4.79 Å². The number of hydrogen-bond acceptors (Lipinski definition) is 5. The molecule has 8 heteroatoms. The van der Waals surface area contributed by atoms with Crippen LogP contribution in [0.3, 0.4) is 0 Å². The fraction of sp³-hybridized carbons (Fsp3) is 0.167. The van der Waals surface area contributed by atoms with Gasteiger partial charge in [-0.1, -0.05) is 17.7 Å². The summed E-state index contributed by atoms with van der Waals surface area (Å²) >= 11 is 7.51. The van der Waals surface area contributed by atoms with E-state index >= 15 is 0 Å². The number of hydrogen-bond donors (Lipinski definition) is 2. The van der Waals surface area contributed by atoms with Crippen molar-refractivity contribution >= 4 is 46.6 Å². The van der Waals surface area contributed by atoms with E-state index in [4.69, 9.17) is 21.1 Å². The first-order chi connectivity index (χ1) is 15.4. The average molecular weight is 471 g/mol. The molecule has 3 rings (SSSR count). The van der Waals surface area contributed by atoms with Gasteiger partial charge in [-0.25, -0.2) is 0 Å². The van der Waals surface area contributed by atoms with Crippen LogP contribution in [0.5, 0.6) is 11.5 Å². The minimum absolute atomic E-state index is 0.163. The number of thioether (sulfide) groups is 1. The molecular formula is C24H23ClN2O4S. The fourth-order valence-corrected chi connectivity index (χ4v) is 4.02. The molecule has 0 aliphatic rings. The predicted molar refractivity (Wildman–Crippen MR) is 129 cm³/mol. The van der Waals surface area contributed by atoms with Crippen LogP contribution < -0.4 is 20.1 Å². The van der Waals surface area contributed by atoms with Crippen LogP contribution in [0.1, 0.15) is 17.3 Å². The molecule has 3 aromatic rings. The summed E-state index contributed by atoms with van der Waals surface area (Å²) in [6.07, 6.45) is 0. The Morgan fingerprint density at radius 2 is 1.62 bits per heavy atom. The first-order valence-electron chi connectivity index (χ1n) is 9.76. The Kier molecular flexibility index (Phi) is 8.03. The summed E-state index contributed by atoms with van der Waals surface area (Å²) in [6.45, 7) is 1.81. The fourth-order valence-electron chi connectivity index (χ4n) is 2.84. The van der Waals surface area contributed by atoms with Crippen molar-refractivity contribution in [3.63, 3.8) is 0 Å². The second kappa shape index (κ2) is 10.9. The summed E-state index contributed by atoms with van der Waals surface area (Å²) in [5, 5.41) is 5.78. The number of carbonyl (C=O) groups is 2. The van der Waals surface area contributed by atoms with Gasteiger partial charge in [0.25, 0.3) is 5.91 Å². The molecule has 3 aromatic carbocycles. The normalized spacial score (nSPS) is 11.4. The average Bonchev–Trinajstić information content (AvgIpc) is 2.79. The maximum absolute atomic E-state index is 12.6. The molecule has 32 heavy (non-hydrogen) atoms. The van der Waals surface area contributed by atoms with Gasteiger partial charge in [0.1, 0.15) is 11.5 Å². The van der Waals surface area contributed by atoms with Crippen LogP contribution in [0.15, 0.2) is 71.6 Å². The van der Waals surface area contributed by atoms with Crippen molar-refractivity contribution in [1.29, 1.82) is 0 Å². The third-order valence-corrected chi connectivity index (χ3v) is 5.93. The minimum atomic E-state index is -0.372. The first-order valence-corrected chi connectivity index (χ1v) is 11.0. The molecule has 0 heterocycles. The molecular weight excluding hydrogens is 448 g/mol. The van der Waals surface area contributed by atoms with E-state index in [0.29, 0.717) is 33.5 Å². The highest BCUT2D eigenvalue weighted by Crippen LogP contribution is 2.29. The van der Waals surface area contributed by atoms with Crippen LogP contribution >= 0.6 is 23.4 Å². The van der Waals surface area contributed by atoms with E-state index in [-0.39, 0.29) is 17.1 Å². The lowest BCUT2D eigenvalue weighted by molar-refractivity contribution is -0.115. The Balaban J connectivity index is 1.61. The Bertz CT molecular complexity index is 1110. The van der Waals surface area contributed by atoms with Crippen molar-refractivity contribution in [1.82, 2.24) is 0 Å². The zero-order chi connectivity index (χ0) is 23.1. The highest BCUT2D eigenvalue weighted by molar-refractivity contribution is 8.00. The third-order valence-electron chi connectivity index (χ3n) is 4.55. The number of rotatable bonds is 8. The lowest BCUT2D eigenvalue weighted by atomic mass is 10.2. The monoisotopic (exact) mass is 470 g/mol. The summed E-state index contributed by atoms with van der Waals surface area (Å²) in [6, 6.07) is 19.3. The summed E-state index contributed by atoms with van der Waals surface area (Å²) in [4.78, 5) is 25.9. The van der Waals surface area contributed by atoms with Crippen LogP contribution in [0.4, 0.5) is 11.4 Å². The lowest BCUT2D eigenvalue weighted by Crippen LogP contribution is -2.22. The van der Waals surface area contributed by atoms with Gasteiger partial charge >= 0.3 is 0 Å². The van der Waals surface area contributed by atoms with Crippen LogP contribution in [0.2, 0.25) is 5.02 Å².